The third-order valence-corrected chi connectivity index (χ3v) is 9.21. The van der Waals surface area contributed by atoms with Crippen LogP contribution in [0.2, 0.25) is 0 Å². The van der Waals surface area contributed by atoms with Crippen molar-refractivity contribution in [2.75, 3.05) is 13.1 Å². The molecule has 1 aromatic carbocycles. The average Bonchev–Trinajstić information content (AvgIpc) is 3.49. The molecule has 1 aromatic heterocycles. The molecule has 0 spiro atoms. The number of benzene rings is 1. The van der Waals surface area contributed by atoms with Crippen LogP contribution in [0.5, 0.6) is 5.75 Å². The Bertz CT molecular complexity index is 1260. The van der Waals surface area contributed by atoms with E-state index >= 15 is 0 Å². The molecule has 7 rings (SSSR count). The Morgan fingerprint density at radius 1 is 1.03 bits per heavy atom. The van der Waals surface area contributed by atoms with Gasteiger partial charge in [-0.15, -0.1) is 0 Å². The number of hydrazine groups is 1. The fourth-order valence-electron chi connectivity index (χ4n) is 7.41. The summed E-state index contributed by atoms with van der Waals surface area (Å²) in [5, 5.41) is 10.3. The minimum absolute atomic E-state index is 0.240. The van der Waals surface area contributed by atoms with E-state index in [4.69, 9.17) is 15.7 Å². The number of piperidine rings is 1. The number of ketones is 1. The number of nitrogens with zero attached hydrogens (tertiary/aromatic N) is 3. The molecule has 5 N–H and O–H groups in total. The predicted octanol–water partition coefficient (Wildman–Crippen LogP) is 2.97. The van der Waals surface area contributed by atoms with Crippen molar-refractivity contribution in [3.05, 3.63) is 71.2 Å². The number of nitrogens with two attached hydrogens (primary N) is 1. The number of nitrogens with one attached hydrogen (secondary N) is 2. The Hall–Kier alpha value is -3.55. The van der Waals surface area contributed by atoms with E-state index < -0.39 is 0 Å². The summed E-state index contributed by atoms with van der Waals surface area (Å²) in [5.41, 5.74) is 16.3. The van der Waals surface area contributed by atoms with Crippen molar-refractivity contribution >= 4 is 11.5 Å². The Labute approximate surface area is 210 Å². The molecule has 0 radical (unpaired) electrons. The summed E-state index contributed by atoms with van der Waals surface area (Å²) in [4.78, 5) is 23.7. The van der Waals surface area contributed by atoms with Crippen LogP contribution >= 0.6 is 0 Å². The molecule has 5 unspecified atom stereocenters. The van der Waals surface area contributed by atoms with Crippen LogP contribution in [0.1, 0.15) is 60.9 Å². The number of carbonyl (C=O) groups excluding carboxylic acids is 1. The summed E-state index contributed by atoms with van der Waals surface area (Å²) in [6, 6.07) is 7.33. The maximum atomic E-state index is 11.6. The molecule has 3 saturated carbocycles. The average molecular weight is 485 g/mol. The number of hydrogen-bond donors (Lipinski definition) is 4. The van der Waals surface area contributed by atoms with Gasteiger partial charge in [0.15, 0.2) is 0 Å². The van der Waals surface area contributed by atoms with E-state index in [1.165, 1.54) is 5.56 Å². The minimum atomic E-state index is 0.240. The first-order valence-corrected chi connectivity index (χ1v) is 13.2. The highest BCUT2D eigenvalue weighted by molar-refractivity contribution is 5.79. The summed E-state index contributed by atoms with van der Waals surface area (Å²) in [5.74, 6) is 5.78. The molecule has 3 heterocycles. The molecule has 36 heavy (non-hydrogen) atoms. The van der Waals surface area contributed by atoms with E-state index in [1.54, 1.807) is 6.07 Å². The Morgan fingerprint density at radius 3 is 2.56 bits per heavy atom. The van der Waals surface area contributed by atoms with E-state index in [2.05, 4.69) is 21.8 Å². The van der Waals surface area contributed by atoms with Crippen LogP contribution in [0.15, 0.2) is 54.3 Å². The third-order valence-electron chi connectivity index (χ3n) is 9.21. The number of likely N-dealkylation sites (tertiary alicyclic amines) is 1. The van der Waals surface area contributed by atoms with Gasteiger partial charge in [0.05, 0.1) is 11.4 Å². The van der Waals surface area contributed by atoms with E-state index in [1.807, 2.05) is 30.6 Å². The van der Waals surface area contributed by atoms with Gasteiger partial charge < -0.3 is 15.7 Å². The van der Waals surface area contributed by atoms with Crippen LogP contribution < -0.4 is 16.6 Å². The van der Waals surface area contributed by atoms with Crippen molar-refractivity contribution < 1.29 is 9.90 Å². The second kappa shape index (κ2) is 8.25. The standard InChI is InChI=1S/C28H32N6O2/c29-27-23(10-22(32-33-27)19-3-1-2-4-24(19)36)34-13-16-9-20(26-21(14-34)25(16)26)28-30-11-17(12-31-28)15-5-7-18(35)8-6-15/h1-4,10-12,15-16,20-21,25-26,32-33,36H,5-9,13-14,29H2. The molecule has 5 atom stereocenters. The number of fused-ring (bicyclic) bond motifs is 1. The smallest absolute Gasteiger partial charge is 0.139 e. The highest BCUT2D eigenvalue weighted by Gasteiger charge is 2.66. The number of carbonyl (C=O) groups is 1. The van der Waals surface area contributed by atoms with E-state index in [0.29, 0.717) is 54.0 Å². The van der Waals surface area contributed by atoms with Gasteiger partial charge in [-0.1, -0.05) is 12.1 Å². The van der Waals surface area contributed by atoms with Gasteiger partial charge >= 0.3 is 0 Å². The van der Waals surface area contributed by atoms with Gasteiger partial charge in [0.2, 0.25) is 0 Å². The summed E-state index contributed by atoms with van der Waals surface area (Å²) in [7, 11) is 0. The first-order chi connectivity index (χ1) is 17.6. The quantitative estimate of drug-likeness (QED) is 0.524. The van der Waals surface area contributed by atoms with E-state index in [-0.39, 0.29) is 5.75 Å². The first kappa shape index (κ1) is 21.7. The summed E-state index contributed by atoms with van der Waals surface area (Å²) in [6.07, 6.45) is 10.5. The summed E-state index contributed by atoms with van der Waals surface area (Å²) in [6.45, 7) is 1.96. The van der Waals surface area contributed by atoms with Crippen molar-refractivity contribution in [3.8, 4) is 5.75 Å². The normalized spacial score (nSPS) is 31.4. The van der Waals surface area contributed by atoms with E-state index in [0.717, 1.165) is 61.1 Å². The van der Waals surface area contributed by atoms with Gasteiger partial charge in [0.25, 0.3) is 0 Å². The minimum Gasteiger partial charge on any atom is -0.507 e. The second-order valence-corrected chi connectivity index (χ2v) is 11.1. The molecule has 0 amide bonds. The van der Waals surface area contributed by atoms with Crippen molar-refractivity contribution in [2.45, 2.75) is 43.9 Å². The highest BCUT2D eigenvalue weighted by Crippen LogP contribution is 2.68. The Kier molecular flexibility index (Phi) is 4.98. The van der Waals surface area contributed by atoms with Crippen LogP contribution in [0, 0.1) is 23.7 Å². The summed E-state index contributed by atoms with van der Waals surface area (Å²) < 4.78 is 0. The number of Topliss-reactive ketones (excluding diaryl/α,β-unsaturated/α-hetero) is 1. The summed E-state index contributed by atoms with van der Waals surface area (Å²) >= 11 is 0. The van der Waals surface area contributed by atoms with Crippen LogP contribution in [0.4, 0.5) is 0 Å². The third kappa shape index (κ3) is 3.53. The maximum Gasteiger partial charge on any atom is 0.139 e. The Balaban J connectivity index is 1.05. The number of rotatable bonds is 4. The number of phenolic OH excluding ortho intramolecular Hbond substituents is 1. The largest absolute Gasteiger partial charge is 0.507 e. The number of phenols is 1. The first-order valence-electron chi connectivity index (χ1n) is 13.2. The number of aromatic hydroxyl groups is 1. The van der Waals surface area contributed by atoms with Gasteiger partial charge in [-0.25, -0.2) is 9.97 Å². The number of aromatic nitrogens is 2. The van der Waals surface area contributed by atoms with Crippen LogP contribution in [-0.4, -0.2) is 38.8 Å². The van der Waals surface area contributed by atoms with Crippen LogP contribution in [0.3, 0.4) is 0 Å². The van der Waals surface area contributed by atoms with Crippen molar-refractivity contribution in [2.24, 2.45) is 29.4 Å². The topological polar surface area (TPSA) is 116 Å². The zero-order chi connectivity index (χ0) is 24.4. The predicted molar refractivity (Wildman–Crippen MR) is 135 cm³/mol. The molecule has 8 nitrogen and oxygen atoms in total. The second-order valence-electron chi connectivity index (χ2n) is 11.1. The number of allylic oxidation sites excluding steroid dienone is 1. The fourth-order valence-corrected chi connectivity index (χ4v) is 7.41. The van der Waals surface area contributed by atoms with Crippen LogP contribution in [0.25, 0.3) is 5.70 Å². The Morgan fingerprint density at radius 2 is 1.81 bits per heavy atom. The molecule has 1 saturated heterocycles. The highest BCUT2D eigenvalue weighted by atomic mass is 16.3. The van der Waals surface area contributed by atoms with E-state index in [9.17, 15) is 9.90 Å². The zero-order valence-electron chi connectivity index (χ0n) is 20.2. The molecule has 2 aromatic rings. The van der Waals surface area contributed by atoms with Crippen molar-refractivity contribution in [1.29, 1.82) is 0 Å². The lowest BCUT2D eigenvalue weighted by molar-refractivity contribution is -0.120. The van der Waals surface area contributed by atoms with Crippen molar-refractivity contribution in [3.63, 3.8) is 0 Å². The molecular formula is C28H32N6O2. The molecule has 5 aliphatic rings. The van der Waals surface area contributed by atoms with Crippen LogP contribution in [-0.2, 0) is 4.79 Å². The monoisotopic (exact) mass is 484 g/mol. The van der Waals surface area contributed by atoms with Gasteiger partial charge in [0, 0.05) is 49.8 Å². The zero-order valence-corrected chi connectivity index (χ0v) is 20.2. The maximum absolute atomic E-state index is 11.6. The molecule has 4 fully saturated rings. The lowest BCUT2D eigenvalue weighted by Crippen LogP contribution is -2.44. The van der Waals surface area contributed by atoms with Gasteiger partial charge in [-0.05, 0) is 72.6 Å². The molecule has 2 aliphatic heterocycles. The molecule has 8 heteroatoms. The van der Waals surface area contributed by atoms with Gasteiger partial charge in [0.1, 0.15) is 23.2 Å². The van der Waals surface area contributed by atoms with Gasteiger partial charge in [-0.3, -0.25) is 15.6 Å². The van der Waals surface area contributed by atoms with Gasteiger partial charge in [-0.2, -0.15) is 0 Å². The molecule has 3 aliphatic carbocycles. The lowest BCUT2D eigenvalue weighted by atomic mass is 9.84. The van der Waals surface area contributed by atoms with Crippen molar-refractivity contribution in [1.82, 2.24) is 25.7 Å². The fraction of sp³-hybridized carbons (Fsp3) is 0.464. The SMILES string of the molecule is NC1=C(N2CC3CC(c4ncc(C5CCC(=O)CC5)cn4)C4C(C2)C34)C=C(c2ccccc2O)NN1. The molecular weight excluding hydrogens is 452 g/mol. The number of hydrogen-bond acceptors (Lipinski definition) is 8. The number of para-hydroxylation sites is 1. The molecule has 186 valence electrons. The molecule has 0 bridgehead atoms. The lowest BCUT2D eigenvalue weighted by Gasteiger charge is -2.38.